The van der Waals surface area contributed by atoms with Crippen molar-refractivity contribution in [2.75, 3.05) is 0 Å². The topological polar surface area (TPSA) is 26.0 Å². The van der Waals surface area contributed by atoms with Gasteiger partial charge in [0.25, 0.3) is 0 Å². The zero-order valence-electron chi connectivity index (χ0n) is 8.06. The van der Waals surface area contributed by atoms with Crippen molar-refractivity contribution in [2.24, 2.45) is 5.73 Å². The Bertz CT molecular complexity index is 347. The Hall–Kier alpha value is -0.500. The molecule has 14 heavy (non-hydrogen) atoms. The molecule has 0 spiro atoms. The Kier molecular flexibility index (Phi) is 3.99. The van der Waals surface area contributed by atoms with E-state index in [4.69, 9.17) is 28.9 Å². The van der Waals surface area contributed by atoms with E-state index in [2.05, 4.69) is 6.58 Å². The van der Waals surface area contributed by atoms with Gasteiger partial charge in [-0.3, -0.25) is 0 Å². The lowest BCUT2D eigenvalue weighted by atomic mass is 9.99. The lowest BCUT2D eigenvalue weighted by molar-refractivity contribution is 0.886. The molecule has 1 rings (SSSR count). The molecule has 3 heteroatoms. The van der Waals surface area contributed by atoms with Gasteiger partial charge >= 0.3 is 0 Å². The number of rotatable bonds is 3. The monoisotopic (exact) mass is 229 g/mol. The number of halogens is 2. The zero-order chi connectivity index (χ0) is 10.7. The first-order chi connectivity index (χ1) is 6.60. The molecule has 0 radical (unpaired) electrons. The van der Waals surface area contributed by atoms with Crippen LogP contribution < -0.4 is 5.73 Å². The third-order valence-corrected chi connectivity index (χ3v) is 2.72. The summed E-state index contributed by atoms with van der Waals surface area (Å²) in [6.45, 7) is 5.70. The van der Waals surface area contributed by atoms with Crippen molar-refractivity contribution in [1.82, 2.24) is 0 Å². The van der Waals surface area contributed by atoms with Crippen LogP contribution in [0.5, 0.6) is 0 Å². The Balaban J connectivity index is 3.31. The van der Waals surface area contributed by atoms with E-state index in [0.717, 1.165) is 17.5 Å². The fraction of sp³-hybridized carbons (Fsp3) is 0.273. The van der Waals surface area contributed by atoms with Crippen LogP contribution in [0.3, 0.4) is 0 Å². The van der Waals surface area contributed by atoms with Gasteiger partial charge in [0.15, 0.2) is 0 Å². The predicted octanol–water partition coefficient (Wildman–Crippen LogP) is 3.74. The lowest BCUT2D eigenvalue weighted by Crippen LogP contribution is -2.09. The highest BCUT2D eigenvalue weighted by Crippen LogP contribution is 2.29. The fourth-order valence-corrected chi connectivity index (χ4v) is 2.06. The Morgan fingerprint density at radius 3 is 2.64 bits per heavy atom. The van der Waals surface area contributed by atoms with Gasteiger partial charge in [-0.05, 0) is 29.7 Å². The number of nitrogens with two attached hydrogens (primary N) is 1. The predicted molar refractivity (Wildman–Crippen MR) is 63.0 cm³/mol. The van der Waals surface area contributed by atoms with Crippen LogP contribution in [0.25, 0.3) is 0 Å². The molecule has 1 aromatic rings. The highest BCUT2D eigenvalue weighted by molar-refractivity contribution is 6.35. The first kappa shape index (κ1) is 11.6. The average Bonchev–Trinajstić information content (AvgIpc) is 2.15. The maximum atomic E-state index is 6.06. The molecular formula is C11H13Cl2N. The highest BCUT2D eigenvalue weighted by Gasteiger charge is 2.11. The standard InChI is InChI=1S/C11H13Cl2N/c1-3-8-9(11(14)4-2)5-7(12)6-10(8)13/h4-6,11H,2-3,14H2,1H3/t11-/m0/s1. The molecular weight excluding hydrogens is 217 g/mol. The van der Waals surface area contributed by atoms with E-state index in [-0.39, 0.29) is 6.04 Å². The van der Waals surface area contributed by atoms with Gasteiger partial charge in [-0.2, -0.15) is 0 Å². The third-order valence-electron chi connectivity index (χ3n) is 2.16. The van der Waals surface area contributed by atoms with Crippen molar-refractivity contribution >= 4 is 23.2 Å². The Morgan fingerprint density at radius 2 is 2.14 bits per heavy atom. The molecule has 0 aliphatic heterocycles. The molecule has 0 saturated heterocycles. The van der Waals surface area contributed by atoms with Crippen LogP contribution in [0.4, 0.5) is 0 Å². The van der Waals surface area contributed by atoms with Crippen LogP contribution in [-0.2, 0) is 6.42 Å². The van der Waals surface area contributed by atoms with Crippen LogP contribution in [0.15, 0.2) is 24.8 Å². The van der Waals surface area contributed by atoms with Gasteiger partial charge in [-0.1, -0.05) is 36.2 Å². The molecule has 0 saturated carbocycles. The minimum absolute atomic E-state index is 0.207. The van der Waals surface area contributed by atoms with Crippen molar-refractivity contribution in [3.05, 3.63) is 46.0 Å². The number of hydrogen-bond donors (Lipinski definition) is 1. The quantitative estimate of drug-likeness (QED) is 0.786. The highest BCUT2D eigenvalue weighted by atomic mass is 35.5. The molecule has 0 aliphatic rings. The molecule has 1 aromatic carbocycles. The largest absolute Gasteiger partial charge is 0.321 e. The van der Waals surface area contributed by atoms with Crippen molar-refractivity contribution in [3.8, 4) is 0 Å². The molecule has 0 aliphatic carbocycles. The van der Waals surface area contributed by atoms with Gasteiger partial charge in [0.1, 0.15) is 0 Å². The molecule has 76 valence electrons. The van der Waals surface area contributed by atoms with E-state index in [1.165, 1.54) is 0 Å². The van der Waals surface area contributed by atoms with E-state index < -0.39 is 0 Å². The minimum atomic E-state index is -0.207. The van der Waals surface area contributed by atoms with Crippen molar-refractivity contribution in [3.63, 3.8) is 0 Å². The second kappa shape index (κ2) is 4.83. The fourth-order valence-electron chi connectivity index (χ4n) is 1.42. The van der Waals surface area contributed by atoms with E-state index in [1.807, 2.05) is 13.0 Å². The first-order valence-corrected chi connectivity index (χ1v) is 5.21. The Morgan fingerprint density at radius 1 is 1.50 bits per heavy atom. The summed E-state index contributed by atoms with van der Waals surface area (Å²) in [6.07, 6.45) is 2.52. The summed E-state index contributed by atoms with van der Waals surface area (Å²) in [7, 11) is 0. The van der Waals surface area contributed by atoms with E-state index in [0.29, 0.717) is 10.0 Å². The van der Waals surface area contributed by atoms with Crippen LogP contribution in [0.1, 0.15) is 24.1 Å². The summed E-state index contributed by atoms with van der Waals surface area (Å²) in [5.41, 5.74) is 7.88. The normalized spacial score (nSPS) is 12.6. The van der Waals surface area contributed by atoms with Crippen molar-refractivity contribution < 1.29 is 0 Å². The van der Waals surface area contributed by atoms with Gasteiger partial charge < -0.3 is 5.73 Å². The summed E-state index contributed by atoms with van der Waals surface area (Å²) >= 11 is 12.0. The molecule has 0 bridgehead atoms. The van der Waals surface area contributed by atoms with Crippen molar-refractivity contribution in [1.29, 1.82) is 0 Å². The van der Waals surface area contributed by atoms with Gasteiger partial charge in [0, 0.05) is 16.1 Å². The molecule has 0 aromatic heterocycles. The van der Waals surface area contributed by atoms with Gasteiger partial charge in [0.2, 0.25) is 0 Å². The molecule has 1 nitrogen and oxygen atoms in total. The first-order valence-electron chi connectivity index (χ1n) is 4.46. The summed E-state index contributed by atoms with van der Waals surface area (Å²) in [6, 6.07) is 3.38. The van der Waals surface area contributed by atoms with Gasteiger partial charge in [0.05, 0.1) is 0 Å². The maximum absolute atomic E-state index is 6.06. The van der Waals surface area contributed by atoms with E-state index >= 15 is 0 Å². The molecule has 2 N–H and O–H groups in total. The average molecular weight is 230 g/mol. The number of hydrogen-bond acceptors (Lipinski definition) is 1. The molecule has 0 heterocycles. The minimum Gasteiger partial charge on any atom is -0.321 e. The molecule has 0 amide bonds. The van der Waals surface area contributed by atoms with Gasteiger partial charge in [-0.15, -0.1) is 6.58 Å². The smallest absolute Gasteiger partial charge is 0.0482 e. The number of benzene rings is 1. The molecule has 0 unspecified atom stereocenters. The third kappa shape index (κ3) is 2.30. The van der Waals surface area contributed by atoms with Crippen LogP contribution in [-0.4, -0.2) is 0 Å². The summed E-state index contributed by atoms with van der Waals surface area (Å²) < 4.78 is 0. The maximum Gasteiger partial charge on any atom is 0.0482 e. The lowest BCUT2D eigenvalue weighted by Gasteiger charge is -2.14. The second-order valence-electron chi connectivity index (χ2n) is 3.07. The SMILES string of the molecule is C=C[C@H](N)c1cc(Cl)cc(Cl)c1CC. The van der Waals surface area contributed by atoms with E-state index in [9.17, 15) is 0 Å². The molecule has 1 atom stereocenters. The molecule has 0 fully saturated rings. The van der Waals surface area contributed by atoms with Crippen molar-refractivity contribution in [2.45, 2.75) is 19.4 Å². The summed E-state index contributed by atoms with van der Waals surface area (Å²) in [5, 5.41) is 1.28. The summed E-state index contributed by atoms with van der Waals surface area (Å²) in [5.74, 6) is 0. The van der Waals surface area contributed by atoms with Crippen LogP contribution >= 0.6 is 23.2 Å². The second-order valence-corrected chi connectivity index (χ2v) is 3.91. The Labute approximate surface area is 94.5 Å². The van der Waals surface area contributed by atoms with Crippen LogP contribution in [0.2, 0.25) is 10.0 Å². The zero-order valence-corrected chi connectivity index (χ0v) is 9.57. The van der Waals surface area contributed by atoms with E-state index in [1.54, 1.807) is 12.1 Å². The van der Waals surface area contributed by atoms with Gasteiger partial charge in [-0.25, -0.2) is 0 Å². The van der Waals surface area contributed by atoms with Crippen LogP contribution in [0, 0.1) is 0 Å². The summed E-state index contributed by atoms with van der Waals surface area (Å²) in [4.78, 5) is 0.